The highest BCUT2D eigenvalue weighted by Gasteiger charge is 2.14. The fourth-order valence-corrected chi connectivity index (χ4v) is 2.74. The van der Waals surface area contributed by atoms with Gasteiger partial charge in [-0.1, -0.05) is 29.3 Å². The van der Waals surface area contributed by atoms with E-state index < -0.39 is 0 Å². The van der Waals surface area contributed by atoms with Crippen LogP contribution in [0.25, 0.3) is 0 Å². The summed E-state index contributed by atoms with van der Waals surface area (Å²) in [6, 6.07) is 7.77. The predicted octanol–water partition coefficient (Wildman–Crippen LogP) is 4.01. The largest absolute Gasteiger partial charge is 0.508 e. The molecule has 0 saturated carbocycles. The lowest BCUT2D eigenvalue weighted by atomic mass is 10.2. The number of amides is 1. The van der Waals surface area contributed by atoms with Gasteiger partial charge in [-0.15, -0.1) is 11.3 Å². The van der Waals surface area contributed by atoms with Crippen molar-refractivity contribution in [1.29, 1.82) is 0 Å². The Morgan fingerprint density at radius 3 is 2.65 bits per heavy atom. The Balaban J connectivity index is 2.20. The van der Waals surface area contributed by atoms with Crippen molar-refractivity contribution in [2.24, 2.45) is 0 Å². The van der Waals surface area contributed by atoms with E-state index in [0.29, 0.717) is 19.9 Å². The molecule has 3 nitrogen and oxygen atoms in total. The van der Waals surface area contributed by atoms with E-state index in [9.17, 15) is 9.90 Å². The van der Waals surface area contributed by atoms with E-state index >= 15 is 0 Å². The molecule has 0 aliphatic rings. The third-order valence-electron chi connectivity index (χ3n) is 2.01. The highest BCUT2D eigenvalue weighted by atomic mass is 35.5. The molecule has 0 atom stereocenters. The van der Waals surface area contributed by atoms with Crippen LogP contribution < -0.4 is 5.32 Å². The molecule has 1 aromatic heterocycles. The maximum atomic E-state index is 11.8. The van der Waals surface area contributed by atoms with Crippen molar-refractivity contribution >= 4 is 46.1 Å². The third-order valence-corrected chi connectivity index (χ3v) is 3.49. The summed E-state index contributed by atoms with van der Waals surface area (Å²) in [5.74, 6) is -0.277. The fourth-order valence-electron chi connectivity index (χ4n) is 1.28. The lowest BCUT2D eigenvalue weighted by Crippen LogP contribution is -2.11. The van der Waals surface area contributed by atoms with Crippen molar-refractivity contribution in [3.05, 3.63) is 44.6 Å². The molecule has 2 aromatic rings. The summed E-state index contributed by atoms with van der Waals surface area (Å²) in [5.41, 5.74) is 0.818. The number of nitrogens with one attached hydrogen (secondary N) is 1. The topological polar surface area (TPSA) is 49.3 Å². The molecule has 88 valence electrons. The van der Waals surface area contributed by atoms with Gasteiger partial charge in [-0.25, -0.2) is 0 Å². The number of rotatable bonds is 2. The number of thiophene rings is 1. The van der Waals surface area contributed by atoms with E-state index in [2.05, 4.69) is 5.32 Å². The number of halogens is 2. The lowest BCUT2D eigenvalue weighted by molar-refractivity contribution is 0.102. The molecule has 0 fully saturated rings. The molecule has 0 saturated heterocycles. The van der Waals surface area contributed by atoms with Gasteiger partial charge >= 0.3 is 0 Å². The average Bonchev–Trinajstić information content (AvgIpc) is 2.58. The Hall–Kier alpha value is -1.23. The molecule has 1 amide bonds. The summed E-state index contributed by atoms with van der Waals surface area (Å²) < 4.78 is 0.795. The molecule has 17 heavy (non-hydrogen) atoms. The first kappa shape index (κ1) is 12.2. The number of aromatic hydroxyl groups is 1. The van der Waals surface area contributed by atoms with Crippen LogP contribution in [0.5, 0.6) is 5.75 Å². The molecule has 0 radical (unpaired) electrons. The van der Waals surface area contributed by atoms with Crippen LogP contribution in [0.15, 0.2) is 30.3 Å². The lowest BCUT2D eigenvalue weighted by Gasteiger charge is -2.04. The van der Waals surface area contributed by atoms with Crippen LogP contribution in [0.3, 0.4) is 0 Å². The summed E-state index contributed by atoms with van der Waals surface area (Å²) in [6.07, 6.45) is 0. The van der Waals surface area contributed by atoms with Crippen molar-refractivity contribution in [3.63, 3.8) is 0 Å². The minimum absolute atomic E-state index is 0.0808. The molecular weight excluding hydrogens is 281 g/mol. The first-order valence-electron chi connectivity index (χ1n) is 4.61. The number of hydrogen-bond acceptors (Lipinski definition) is 3. The van der Waals surface area contributed by atoms with Crippen molar-refractivity contribution in [2.45, 2.75) is 0 Å². The maximum absolute atomic E-state index is 11.8. The van der Waals surface area contributed by atoms with Gasteiger partial charge in [0.1, 0.15) is 10.1 Å². The van der Waals surface area contributed by atoms with E-state index in [4.69, 9.17) is 23.2 Å². The summed E-state index contributed by atoms with van der Waals surface area (Å²) in [6.45, 7) is 0. The van der Waals surface area contributed by atoms with E-state index in [0.717, 1.165) is 11.3 Å². The normalized spacial score (nSPS) is 10.2. The van der Waals surface area contributed by atoms with Gasteiger partial charge in [0.05, 0.1) is 9.90 Å². The van der Waals surface area contributed by atoms with Gasteiger partial charge < -0.3 is 10.4 Å². The van der Waals surface area contributed by atoms with Crippen LogP contribution in [-0.2, 0) is 0 Å². The summed E-state index contributed by atoms with van der Waals surface area (Å²) in [7, 11) is 0. The monoisotopic (exact) mass is 287 g/mol. The highest BCUT2D eigenvalue weighted by molar-refractivity contribution is 7.20. The Labute approximate surface area is 112 Å². The summed E-state index contributed by atoms with van der Waals surface area (Å²) in [5, 5.41) is 11.9. The van der Waals surface area contributed by atoms with Crippen LogP contribution >= 0.6 is 34.5 Å². The Bertz CT molecular complexity index is 568. The number of hydrogen-bond donors (Lipinski definition) is 2. The van der Waals surface area contributed by atoms with Crippen molar-refractivity contribution in [2.75, 3.05) is 5.32 Å². The zero-order chi connectivity index (χ0) is 12.4. The molecule has 2 rings (SSSR count). The van der Waals surface area contributed by atoms with Crippen molar-refractivity contribution in [3.8, 4) is 5.75 Å². The van der Waals surface area contributed by atoms with Crippen molar-refractivity contribution in [1.82, 2.24) is 0 Å². The molecule has 1 heterocycles. The fraction of sp³-hybridized carbons (Fsp3) is 0. The second-order valence-corrected chi connectivity index (χ2v) is 5.53. The predicted molar refractivity (Wildman–Crippen MR) is 70.4 cm³/mol. The van der Waals surface area contributed by atoms with E-state index in [1.807, 2.05) is 0 Å². The highest BCUT2D eigenvalue weighted by Crippen LogP contribution is 2.31. The molecule has 1 aromatic carbocycles. The van der Waals surface area contributed by atoms with E-state index in [1.54, 1.807) is 12.1 Å². The molecule has 0 bridgehead atoms. The number of carbonyl (C=O) groups is 1. The molecule has 0 unspecified atom stereocenters. The van der Waals surface area contributed by atoms with Gasteiger partial charge in [0.25, 0.3) is 5.91 Å². The molecule has 2 N–H and O–H groups in total. The van der Waals surface area contributed by atoms with Crippen molar-refractivity contribution < 1.29 is 9.90 Å². The summed E-state index contributed by atoms with van der Waals surface area (Å²) in [4.78, 5) is 11.8. The van der Waals surface area contributed by atoms with Crippen LogP contribution in [0.2, 0.25) is 8.67 Å². The van der Waals surface area contributed by atoms with Crippen LogP contribution in [0, 0.1) is 0 Å². The molecule has 0 spiro atoms. The van der Waals surface area contributed by atoms with Crippen LogP contribution in [0.4, 0.5) is 5.69 Å². The van der Waals surface area contributed by atoms with Gasteiger partial charge in [0.2, 0.25) is 0 Å². The van der Waals surface area contributed by atoms with Crippen LogP contribution in [-0.4, -0.2) is 11.0 Å². The van der Waals surface area contributed by atoms with Crippen LogP contribution in [0.1, 0.15) is 10.4 Å². The second kappa shape index (κ2) is 4.96. The molecule has 0 aliphatic carbocycles. The average molecular weight is 288 g/mol. The number of benzene rings is 1. The molecule has 6 heteroatoms. The Kier molecular flexibility index (Phi) is 3.57. The standard InChI is InChI=1S/C11H7Cl2NO2S/c12-9-5-8(10(13)17-9)11(16)14-6-2-1-3-7(15)4-6/h1-5,15H,(H,14,16). The minimum atomic E-state index is -0.358. The zero-order valence-corrected chi connectivity index (χ0v) is 10.7. The Morgan fingerprint density at radius 2 is 2.06 bits per heavy atom. The zero-order valence-electron chi connectivity index (χ0n) is 8.41. The molecular formula is C11H7Cl2NO2S. The van der Waals surface area contributed by atoms with Gasteiger partial charge in [-0.2, -0.15) is 0 Å². The third kappa shape index (κ3) is 2.91. The SMILES string of the molecule is O=C(Nc1cccc(O)c1)c1cc(Cl)sc1Cl. The van der Waals surface area contributed by atoms with E-state index in [1.165, 1.54) is 18.2 Å². The van der Waals surface area contributed by atoms with E-state index in [-0.39, 0.29) is 11.7 Å². The first-order valence-corrected chi connectivity index (χ1v) is 6.19. The Morgan fingerprint density at radius 1 is 1.29 bits per heavy atom. The smallest absolute Gasteiger partial charge is 0.258 e. The van der Waals surface area contributed by atoms with Gasteiger partial charge in [-0.3, -0.25) is 4.79 Å². The quantitative estimate of drug-likeness (QED) is 0.877. The van der Waals surface area contributed by atoms with Gasteiger partial charge in [0.15, 0.2) is 0 Å². The maximum Gasteiger partial charge on any atom is 0.258 e. The summed E-state index contributed by atoms with van der Waals surface area (Å²) >= 11 is 12.7. The number of phenols is 1. The minimum Gasteiger partial charge on any atom is -0.508 e. The van der Waals surface area contributed by atoms with Gasteiger partial charge in [0, 0.05) is 11.8 Å². The molecule has 0 aliphatic heterocycles. The number of carbonyl (C=O) groups excluding carboxylic acids is 1. The second-order valence-electron chi connectivity index (χ2n) is 3.24. The number of phenolic OH excluding ortho intramolecular Hbond substituents is 1. The van der Waals surface area contributed by atoms with Gasteiger partial charge in [-0.05, 0) is 18.2 Å². The number of anilines is 1. The first-order chi connectivity index (χ1) is 8.06.